The van der Waals surface area contributed by atoms with E-state index in [-0.39, 0.29) is 11.9 Å². The summed E-state index contributed by atoms with van der Waals surface area (Å²) < 4.78 is 15.2. The van der Waals surface area contributed by atoms with Gasteiger partial charge < -0.3 is 15.2 Å². The van der Waals surface area contributed by atoms with E-state index in [2.05, 4.69) is 4.90 Å². The van der Waals surface area contributed by atoms with E-state index >= 15 is 0 Å². The monoisotopic (exact) mass is 235 g/mol. The molecule has 1 unspecified atom stereocenters. The number of nitrogens with zero attached hydrogens (tertiary/aromatic N) is 2. The van der Waals surface area contributed by atoms with Crippen molar-refractivity contribution >= 4 is 10.9 Å². The first-order valence-electron chi connectivity index (χ1n) is 5.65. The summed E-state index contributed by atoms with van der Waals surface area (Å²) in [6.07, 6.45) is 2.03. The van der Waals surface area contributed by atoms with Crippen LogP contribution in [0.5, 0.6) is 0 Å². The molecule has 0 spiro atoms. The zero-order chi connectivity index (χ0) is 12.6. The van der Waals surface area contributed by atoms with E-state index in [1.54, 1.807) is 6.07 Å². The Balaban J connectivity index is 2.62. The van der Waals surface area contributed by atoms with Gasteiger partial charge in [0.1, 0.15) is 5.82 Å². The normalized spacial score (nSPS) is 13.5. The summed E-state index contributed by atoms with van der Waals surface area (Å²) in [5.41, 5.74) is 7.86. The molecule has 2 rings (SSSR count). The highest BCUT2D eigenvalue weighted by atomic mass is 19.1. The molecule has 4 heteroatoms. The number of likely N-dealkylation sites (N-methyl/N-ethyl adjacent to an activating group) is 1. The van der Waals surface area contributed by atoms with Gasteiger partial charge in [0.05, 0.1) is 5.52 Å². The average Bonchev–Trinajstić information content (AvgIpc) is 2.57. The van der Waals surface area contributed by atoms with Crippen molar-refractivity contribution < 1.29 is 4.39 Å². The van der Waals surface area contributed by atoms with Crippen LogP contribution in [0.2, 0.25) is 0 Å². The smallest absolute Gasteiger partial charge is 0.125 e. The Labute approximate surface area is 101 Å². The molecule has 3 nitrogen and oxygen atoms in total. The molecule has 1 aromatic carbocycles. The van der Waals surface area contributed by atoms with Crippen LogP contribution in [0.4, 0.5) is 4.39 Å². The minimum atomic E-state index is -0.209. The summed E-state index contributed by atoms with van der Waals surface area (Å²) in [5.74, 6) is -0.209. The first kappa shape index (κ1) is 12.1. The lowest BCUT2D eigenvalue weighted by Gasteiger charge is -2.22. The molecular weight excluding hydrogens is 217 g/mol. The molecule has 0 saturated carbocycles. The van der Waals surface area contributed by atoms with Gasteiger partial charge in [0.15, 0.2) is 0 Å². The summed E-state index contributed by atoms with van der Waals surface area (Å²) >= 11 is 0. The van der Waals surface area contributed by atoms with Crippen LogP contribution in [0.3, 0.4) is 0 Å². The molecule has 0 aliphatic rings. The average molecular weight is 235 g/mol. The van der Waals surface area contributed by atoms with E-state index in [1.165, 1.54) is 6.07 Å². The molecule has 0 bridgehead atoms. The highest BCUT2D eigenvalue weighted by Gasteiger charge is 2.17. The van der Waals surface area contributed by atoms with E-state index in [0.29, 0.717) is 6.54 Å². The predicted octanol–water partition coefficient (Wildman–Crippen LogP) is 1.88. The van der Waals surface area contributed by atoms with E-state index in [9.17, 15) is 4.39 Å². The number of aryl methyl sites for hydroxylation is 1. The second-order valence-corrected chi connectivity index (χ2v) is 4.57. The van der Waals surface area contributed by atoms with Crippen LogP contribution in [0, 0.1) is 5.82 Å². The first-order chi connectivity index (χ1) is 8.04. The molecule has 0 aliphatic heterocycles. The van der Waals surface area contributed by atoms with Crippen LogP contribution in [-0.2, 0) is 7.05 Å². The fourth-order valence-corrected chi connectivity index (χ4v) is 2.27. The molecule has 2 aromatic rings. The summed E-state index contributed by atoms with van der Waals surface area (Å²) in [6.45, 7) is 0.545. The number of fused-ring (bicyclic) bond motifs is 1. The molecule has 1 aromatic heterocycles. The van der Waals surface area contributed by atoms with Crippen LogP contribution in [0.1, 0.15) is 11.6 Å². The van der Waals surface area contributed by atoms with Gasteiger partial charge in [-0.25, -0.2) is 4.39 Å². The van der Waals surface area contributed by atoms with Crippen molar-refractivity contribution in [1.82, 2.24) is 9.47 Å². The number of rotatable bonds is 3. The molecule has 92 valence electrons. The quantitative estimate of drug-likeness (QED) is 0.881. The number of hydrogen-bond acceptors (Lipinski definition) is 2. The van der Waals surface area contributed by atoms with Gasteiger partial charge in [0.2, 0.25) is 0 Å². The maximum Gasteiger partial charge on any atom is 0.125 e. The Kier molecular flexibility index (Phi) is 3.17. The van der Waals surface area contributed by atoms with Gasteiger partial charge in [-0.2, -0.15) is 0 Å². The second kappa shape index (κ2) is 4.47. The van der Waals surface area contributed by atoms with Gasteiger partial charge in [-0.05, 0) is 37.9 Å². The van der Waals surface area contributed by atoms with Gasteiger partial charge in [-0.3, -0.25) is 0 Å². The third kappa shape index (κ3) is 2.06. The zero-order valence-electron chi connectivity index (χ0n) is 10.4. The van der Waals surface area contributed by atoms with Crippen molar-refractivity contribution in [3.63, 3.8) is 0 Å². The molecule has 1 atom stereocenters. The lowest BCUT2D eigenvalue weighted by Crippen LogP contribution is -2.26. The number of halogens is 1. The van der Waals surface area contributed by atoms with Crippen LogP contribution >= 0.6 is 0 Å². The Morgan fingerprint density at radius 2 is 2.12 bits per heavy atom. The minimum Gasteiger partial charge on any atom is -0.350 e. The fourth-order valence-electron chi connectivity index (χ4n) is 2.27. The van der Waals surface area contributed by atoms with Gasteiger partial charge in [0.25, 0.3) is 0 Å². The molecule has 0 saturated heterocycles. The molecule has 1 heterocycles. The molecule has 17 heavy (non-hydrogen) atoms. The molecule has 0 radical (unpaired) electrons. The van der Waals surface area contributed by atoms with Crippen LogP contribution in [-0.4, -0.2) is 30.1 Å². The van der Waals surface area contributed by atoms with E-state index in [4.69, 9.17) is 5.73 Å². The van der Waals surface area contributed by atoms with Crippen LogP contribution in [0.25, 0.3) is 10.9 Å². The van der Waals surface area contributed by atoms with Gasteiger partial charge in [-0.15, -0.1) is 0 Å². The van der Waals surface area contributed by atoms with Crippen molar-refractivity contribution in [2.45, 2.75) is 6.04 Å². The van der Waals surface area contributed by atoms with Crippen LogP contribution < -0.4 is 5.73 Å². The standard InChI is InChI=1S/C13H18FN3/c1-16(2)13(7-15)11-8-17(3)12-6-9(14)4-5-10(11)12/h4-6,8,13H,7,15H2,1-3H3. The van der Waals surface area contributed by atoms with Gasteiger partial charge in [0, 0.05) is 31.2 Å². The number of benzene rings is 1. The Morgan fingerprint density at radius 1 is 1.41 bits per heavy atom. The number of nitrogens with two attached hydrogens (primary N) is 1. The van der Waals surface area contributed by atoms with Crippen molar-refractivity contribution in [3.05, 3.63) is 35.8 Å². The van der Waals surface area contributed by atoms with E-state index in [0.717, 1.165) is 16.5 Å². The largest absolute Gasteiger partial charge is 0.350 e. The summed E-state index contributed by atoms with van der Waals surface area (Å²) in [4.78, 5) is 2.08. The maximum atomic E-state index is 13.2. The zero-order valence-corrected chi connectivity index (χ0v) is 10.4. The lowest BCUT2D eigenvalue weighted by molar-refractivity contribution is 0.307. The van der Waals surface area contributed by atoms with Crippen LogP contribution in [0.15, 0.2) is 24.4 Å². The van der Waals surface area contributed by atoms with Crippen molar-refractivity contribution in [2.75, 3.05) is 20.6 Å². The molecule has 0 fully saturated rings. The highest BCUT2D eigenvalue weighted by Crippen LogP contribution is 2.28. The Morgan fingerprint density at radius 3 is 2.71 bits per heavy atom. The van der Waals surface area contributed by atoms with E-state index in [1.807, 2.05) is 38.0 Å². The number of hydrogen-bond donors (Lipinski definition) is 1. The third-order valence-corrected chi connectivity index (χ3v) is 3.19. The minimum absolute atomic E-state index is 0.157. The third-order valence-electron chi connectivity index (χ3n) is 3.19. The maximum absolute atomic E-state index is 13.2. The molecule has 0 amide bonds. The summed E-state index contributed by atoms with van der Waals surface area (Å²) in [6, 6.07) is 5.03. The SMILES string of the molecule is CN(C)C(CN)c1cn(C)c2cc(F)ccc12. The highest BCUT2D eigenvalue weighted by molar-refractivity contribution is 5.84. The van der Waals surface area contributed by atoms with Gasteiger partial charge in [-0.1, -0.05) is 0 Å². The molecule has 2 N–H and O–H groups in total. The fraction of sp³-hybridized carbons (Fsp3) is 0.385. The van der Waals surface area contributed by atoms with Crippen molar-refractivity contribution in [3.8, 4) is 0 Å². The number of aromatic nitrogens is 1. The van der Waals surface area contributed by atoms with Crippen molar-refractivity contribution in [1.29, 1.82) is 0 Å². The van der Waals surface area contributed by atoms with Crippen molar-refractivity contribution in [2.24, 2.45) is 12.8 Å². The summed E-state index contributed by atoms with van der Waals surface area (Å²) in [7, 11) is 5.92. The second-order valence-electron chi connectivity index (χ2n) is 4.57. The Hall–Kier alpha value is -1.39. The predicted molar refractivity (Wildman–Crippen MR) is 68.4 cm³/mol. The molecular formula is C13H18FN3. The molecule has 0 aliphatic carbocycles. The first-order valence-corrected chi connectivity index (χ1v) is 5.65. The topological polar surface area (TPSA) is 34.2 Å². The van der Waals surface area contributed by atoms with Gasteiger partial charge >= 0.3 is 0 Å². The summed E-state index contributed by atoms with van der Waals surface area (Å²) in [5, 5.41) is 1.07. The van der Waals surface area contributed by atoms with E-state index < -0.39 is 0 Å². The Bertz CT molecular complexity index is 531. The lowest BCUT2D eigenvalue weighted by atomic mass is 10.1.